The summed E-state index contributed by atoms with van der Waals surface area (Å²) in [6.07, 6.45) is 3.80. The summed E-state index contributed by atoms with van der Waals surface area (Å²) in [4.78, 5) is 4.20. The number of thiazole rings is 1. The maximum absolute atomic E-state index is 12.3. The number of nitrogens with one attached hydrogen (secondary N) is 2. The van der Waals surface area contributed by atoms with Crippen LogP contribution in [0.1, 0.15) is 37.2 Å². The van der Waals surface area contributed by atoms with Gasteiger partial charge >= 0.3 is 0 Å². The number of sulfonamides is 1. The van der Waals surface area contributed by atoms with Crippen molar-refractivity contribution >= 4 is 21.4 Å². The van der Waals surface area contributed by atoms with E-state index in [1.54, 1.807) is 6.20 Å². The molecule has 1 saturated heterocycles. The van der Waals surface area contributed by atoms with Crippen LogP contribution in [-0.4, -0.2) is 31.7 Å². The van der Waals surface area contributed by atoms with Crippen molar-refractivity contribution in [1.29, 1.82) is 0 Å². The van der Waals surface area contributed by atoms with E-state index in [0.717, 1.165) is 24.5 Å². The Labute approximate surface area is 112 Å². The summed E-state index contributed by atoms with van der Waals surface area (Å²) in [6, 6.07) is -0.190. The van der Waals surface area contributed by atoms with Gasteiger partial charge in [-0.2, -0.15) is 0 Å². The summed E-state index contributed by atoms with van der Waals surface area (Å²) in [5.74, 6) is 0. The largest absolute Gasteiger partial charge is 0.317 e. The van der Waals surface area contributed by atoms with E-state index in [9.17, 15) is 8.42 Å². The normalized spacial score (nSPS) is 19.8. The van der Waals surface area contributed by atoms with E-state index in [4.69, 9.17) is 0 Å². The molecule has 5 nitrogen and oxygen atoms in total. The quantitative estimate of drug-likeness (QED) is 0.856. The maximum atomic E-state index is 12.3. The minimum Gasteiger partial charge on any atom is -0.317 e. The smallest absolute Gasteiger partial charge is 0.215 e. The van der Waals surface area contributed by atoms with E-state index in [-0.39, 0.29) is 11.3 Å². The van der Waals surface area contributed by atoms with Gasteiger partial charge in [-0.15, -0.1) is 11.3 Å². The van der Waals surface area contributed by atoms with Gasteiger partial charge in [-0.25, -0.2) is 18.1 Å². The Morgan fingerprint density at radius 1 is 1.56 bits per heavy atom. The number of piperidine rings is 1. The summed E-state index contributed by atoms with van der Waals surface area (Å²) in [6.45, 7) is 3.52. The van der Waals surface area contributed by atoms with Gasteiger partial charge in [0.15, 0.2) is 0 Å². The first-order chi connectivity index (χ1) is 8.63. The lowest BCUT2D eigenvalue weighted by atomic mass is 10.2. The van der Waals surface area contributed by atoms with Gasteiger partial charge in [0, 0.05) is 11.6 Å². The summed E-state index contributed by atoms with van der Waals surface area (Å²) in [5.41, 5.74) is 0. The molecule has 1 aromatic heterocycles. The third kappa shape index (κ3) is 3.28. The van der Waals surface area contributed by atoms with E-state index in [0.29, 0.717) is 12.8 Å². The van der Waals surface area contributed by atoms with E-state index in [1.165, 1.54) is 11.3 Å². The fourth-order valence-electron chi connectivity index (χ4n) is 2.12. The van der Waals surface area contributed by atoms with Crippen LogP contribution in [0.15, 0.2) is 11.6 Å². The lowest BCUT2D eigenvalue weighted by Gasteiger charge is -2.25. The molecule has 2 heterocycles. The molecule has 1 atom stereocenters. The third-order valence-corrected chi connectivity index (χ3v) is 6.04. The molecule has 0 aliphatic carbocycles. The third-order valence-electron chi connectivity index (χ3n) is 3.19. The first kappa shape index (κ1) is 13.9. The van der Waals surface area contributed by atoms with Crippen molar-refractivity contribution in [3.05, 3.63) is 16.6 Å². The summed E-state index contributed by atoms with van der Waals surface area (Å²) in [7, 11) is -3.24. The summed E-state index contributed by atoms with van der Waals surface area (Å²) < 4.78 is 27.4. The lowest BCUT2D eigenvalue weighted by Crippen LogP contribution is -2.42. The second-order valence-electron chi connectivity index (χ2n) is 4.44. The zero-order valence-electron chi connectivity index (χ0n) is 10.4. The molecule has 1 aliphatic rings. The summed E-state index contributed by atoms with van der Waals surface area (Å²) >= 11 is 1.49. The molecule has 0 saturated carbocycles. The van der Waals surface area contributed by atoms with Gasteiger partial charge in [0.2, 0.25) is 10.0 Å². The van der Waals surface area contributed by atoms with Crippen LogP contribution in [0.4, 0.5) is 0 Å². The van der Waals surface area contributed by atoms with E-state index < -0.39 is 10.0 Å². The molecule has 7 heteroatoms. The molecule has 0 radical (unpaired) electrons. The van der Waals surface area contributed by atoms with Crippen molar-refractivity contribution in [2.75, 3.05) is 13.1 Å². The fourth-order valence-corrected chi connectivity index (χ4v) is 4.69. The van der Waals surface area contributed by atoms with Crippen LogP contribution < -0.4 is 10.0 Å². The highest BCUT2D eigenvalue weighted by Crippen LogP contribution is 2.22. The van der Waals surface area contributed by atoms with Crippen molar-refractivity contribution in [3.63, 3.8) is 0 Å². The molecule has 0 aromatic carbocycles. The maximum Gasteiger partial charge on any atom is 0.215 e. The Hall–Kier alpha value is -0.500. The van der Waals surface area contributed by atoms with Crippen molar-refractivity contribution < 1.29 is 8.42 Å². The second kappa shape index (κ2) is 6.10. The van der Waals surface area contributed by atoms with Crippen LogP contribution in [0.25, 0.3) is 0 Å². The molecule has 102 valence electrons. The van der Waals surface area contributed by atoms with E-state index >= 15 is 0 Å². The Morgan fingerprint density at radius 3 is 2.83 bits per heavy atom. The first-order valence-corrected chi connectivity index (χ1v) is 8.67. The fraction of sp³-hybridized carbons (Fsp3) is 0.727. The molecule has 0 bridgehead atoms. The topological polar surface area (TPSA) is 71.1 Å². The van der Waals surface area contributed by atoms with Crippen LogP contribution >= 0.6 is 11.3 Å². The van der Waals surface area contributed by atoms with Gasteiger partial charge in [-0.3, -0.25) is 0 Å². The molecule has 1 fully saturated rings. The van der Waals surface area contributed by atoms with Crippen molar-refractivity contribution in [2.24, 2.45) is 0 Å². The van der Waals surface area contributed by atoms with Crippen molar-refractivity contribution in [2.45, 2.75) is 37.5 Å². The van der Waals surface area contributed by atoms with Gasteiger partial charge in [0.1, 0.15) is 5.01 Å². The molecule has 18 heavy (non-hydrogen) atoms. The number of nitrogens with zero attached hydrogens (tertiary/aromatic N) is 1. The second-order valence-corrected chi connectivity index (χ2v) is 7.36. The van der Waals surface area contributed by atoms with Gasteiger partial charge in [0.05, 0.1) is 11.3 Å². The average molecular weight is 289 g/mol. The Bertz CT molecular complexity index is 453. The predicted octanol–water partition coefficient (Wildman–Crippen LogP) is 1.27. The van der Waals surface area contributed by atoms with Crippen LogP contribution in [0.2, 0.25) is 0 Å². The number of rotatable bonds is 5. The zero-order valence-corrected chi connectivity index (χ0v) is 12.1. The zero-order chi connectivity index (χ0) is 13.0. The first-order valence-electron chi connectivity index (χ1n) is 6.24. The number of hydrogen-bond acceptors (Lipinski definition) is 5. The Kier molecular flexibility index (Phi) is 4.71. The molecular weight excluding hydrogens is 270 g/mol. The summed E-state index contributed by atoms with van der Waals surface area (Å²) in [5, 5.41) is 5.62. The highest BCUT2D eigenvalue weighted by atomic mass is 32.2. The lowest BCUT2D eigenvalue weighted by molar-refractivity contribution is 0.479. The minimum absolute atomic E-state index is 0.190. The molecular formula is C11H19N3O2S2. The van der Waals surface area contributed by atoms with Gasteiger partial charge < -0.3 is 5.32 Å². The number of aromatic nitrogens is 1. The molecule has 0 amide bonds. The Balaban J connectivity index is 2.06. The predicted molar refractivity (Wildman–Crippen MR) is 73.1 cm³/mol. The van der Waals surface area contributed by atoms with Gasteiger partial charge in [-0.05, 0) is 32.4 Å². The molecule has 2 N–H and O–H groups in total. The SMILES string of the molecule is CCC(NS(=O)(=O)C1CCNCC1)c1nccs1. The molecule has 1 unspecified atom stereocenters. The van der Waals surface area contributed by atoms with Gasteiger partial charge in [-0.1, -0.05) is 6.92 Å². The number of hydrogen-bond donors (Lipinski definition) is 2. The monoisotopic (exact) mass is 289 g/mol. The highest BCUT2D eigenvalue weighted by Gasteiger charge is 2.29. The van der Waals surface area contributed by atoms with Crippen molar-refractivity contribution in [1.82, 2.24) is 15.0 Å². The minimum atomic E-state index is -3.24. The molecule has 2 rings (SSSR count). The van der Waals surface area contributed by atoms with E-state index in [2.05, 4.69) is 15.0 Å². The van der Waals surface area contributed by atoms with Crippen LogP contribution in [0.5, 0.6) is 0 Å². The molecule has 0 spiro atoms. The Morgan fingerprint density at radius 2 is 2.28 bits per heavy atom. The van der Waals surface area contributed by atoms with Crippen molar-refractivity contribution in [3.8, 4) is 0 Å². The standard InChI is InChI=1S/C11H19N3O2S2/c1-2-10(11-13-7-8-17-11)14-18(15,16)9-3-5-12-6-4-9/h7-10,12,14H,2-6H2,1H3. The van der Waals surface area contributed by atoms with Crippen LogP contribution in [0, 0.1) is 0 Å². The highest BCUT2D eigenvalue weighted by molar-refractivity contribution is 7.90. The van der Waals surface area contributed by atoms with Crippen LogP contribution in [0.3, 0.4) is 0 Å². The average Bonchev–Trinajstić information content (AvgIpc) is 2.91. The van der Waals surface area contributed by atoms with E-state index in [1.807, 2.05) is 12.3 Å². The van der Waals surface area contributed by atoms with Crippen LogP contribution in [-0.2, 0) is 10.0 Å². The van der Waals surface area contributed by atoms with Gasteiger partial charge in [0.25, 0.3) is 0 Å². The molecule has 1 aliphatic heterocycles. The molecule has 1 aromatic rings.